The van der Waals surface area contributed by atoms with E-state index in [0.29, 0.717) is 5.13 Å². The highest BCUT2D eigenvalue weighted by atomic mass is 32.2. The molecule has 0 unspecified atom stereocenters. The van der Waals surface area contributed by atoms with E-state index in [1.54, 1.807) is 12.1 Å². The van der Waals surface area contributed by atoms with Crippen molar-refractivity contribution in [2.45, 2.75) is 30.6 Å². The first kappa shape index (κ1) is 20.3. The van der Waals surface area contributed by atoms with Gasteiger partial charge in [0, 0.05) is 5.69 Å². The Kier molecular flexibility index (Phi) is 7.00. The second-order valence-corrected chi connectivity index (χ2v) is 8.38. The van der Waals surface area contributed by atoms with E-state index in [-0.39, 0.29) is 23.5 Å². The van der Waals surface area contributed by atoms with Crippen LogP contribution in [-0.4, -0.2) is 21.9 Å². The van der Waals surface area contributed by atoms with Crippen LogP contribution in [0, 0.1) is 5.82 Å². The third kappa shape index (κ3) is 5.77. The van der Waals surface area contributed by atoms with Crippen LogP contribution < -0.4 is 10.6 Å². The number of rotatable bonds is 8. The number of thioether (sulfide) groups is 1. The van der Waals surface area contributed by atoms with Crippen LogP contribution in [0.25, 0.3) is 0 Å². The van der Waals surface area contributed by atoms with Crippen LogP contribution in [0.15, 0.2) is 52.9 Å². The zero-order valence-corrected chi connectivity index (χ0v) is 17.2. The molecule has 1 amide bonds. The van der Waals surface area contributed by atoms with Crippen LogP contribution >= 0.6 is 23.1 Å². The third-order valence-electron chi connectivity index (χ3n) is 4.09. The topological polar surface area (TPSA) is 66.9 Å². The number of amides is 1. The van der Waals surface area contributed by atoms with E-state index in [4.69, 9.17) is 0 Å². The van der Waals surface area contributed by atoms with Crippen LogP contribution in [0.3, 0.4) is 0 Å². The van der Waals surface area contributed by atoms with Crippen LogP contribution in [0.4, 0.5) is 15.2 Å². The van der Waals surface area contributed by atoms with Gasteiger partial charge < -0.3 is 10.6 Å². The lowest BCUT2D eigenvalue weighted by atomic mass is 10.1. The largest absolute Gasteiger partial charge is 0.349 e. The van der Waals surface area contributed by atoms with Gasteiger partial charge in [0.25, 0.3) is 0 Å². The fourth-order valence-electron chi connectivity index (χ4n) is 2.51. The summed E-state index contributed by atoms with van der Waals surface area (Å²) in [5, 5.41) is 15.0. The molecule has 146 valence electrons. The van der Waals surface area contributed by atoms with Gasteiger partial charge in [-0.15, -0.1) is 10.2 Å². The average Bonchev–Trinajstić information content (AvgIpc) is 3.15. The van der Waals surface area contributed by atoms with Crippen molar-refractivity contribution in [3.63, 3.8) is 0 Å². The molecule has 1 aromatic heterocycles. The summed E-state index contributed by atoms with van der Waals surface area (Å²) >= 11 is 2.74. The number of halogens is 1. The van der Waals surface area contributed by atoms with Crippen molar-refractivity contribution in [3.8, 4) is 0 Å². The zero-order chi connectivity index (χ0) is 19.9. The molecule has 3 aromatic rings. The molecule has 3 rings (SSSR count). The van der Waals surface area contributed by atoms with Crippen molar-refractivity contribution in [1.29, 1.82) is 0 Å². The number of aromatic nitrogens is 2. The predicted molar refractivity (Wildman–Crippen MR) is 113 cm³/mol. The van der Waals surface area contributed by atoms with E-state index in [9.17, 15) is 9.18 Å². The molecule has 0 bridgehead atoms. The lowest BCUT2D eigenvalue weighted by Gasteiger charge is -2.13. The number of benzene rings is 2. The van der Waals surface area contributed by atoms with E-state index in [1.165, 1.54) is 40.8 Å². The highest BCUT2D eigenvalue weighted by Gasteiger charge is 2.12. The van der Waals surface area contributed by atoms with Gasteiger partial charge >= 0.3 is 0 Å². The maximum Gasteiger partial charge on any atom is 0.230 e. The lowest BCUT2D eigenvalue weighted by Crippen LogP contribution is -2.28. The Hall–Kier alpha value is -2.45. The molecule has 1 atom stereocenters. The molecule has 2 N–H and O–H groups in total. The summed E-state index contributed by atoms with van der Waals surface area (Å²) in [5.74, 6) is -0.160. The van der Waals surface area contributed by atoms with Gasteiger partial charge in [0.15, 0.2) is 4.34 Å². The maximum absolute atomic E-state index is 13.0. The summed E-state index contributed by atoms with van der Waals surface area (Å²) in [6.45, 7) is 3.99. The molecule has 28 heavy (non-hydrogen) atoms. The van der Waals surface area contributed by atoms with Crippen molar-refractivity contribution in [2.75, 3.05) is 11.1 Å². The minimum absolute atomic E-state index is 0.110. The highest BCUT2D eigenvalue weighted by molar-refractivity contribution is 8.01. The molecule has 0 radical (unpaired) electrons. The zero-order valence-electron chi connectivity index (χ0n) is 15.6. The fourth-order valence-corrected chi connectivity index (χ4v) is 4.09. The van der Waals surface area contributed by atoms with Gasteiger partial charge in [-0.25, -0.2) is 4.39 Å². The minimum atomic E-state index is -0.292. The van der Waals surface area contributed by atoms with Gasteiger partial charge in [-0.2, -0.15) is 0 Å². The summed E-state index contributed by atoms with van der Waals surface area (Å²) in [4.78, 5) is 12.2. The Balaban J connectivity index is 1.48. The van der Waals surface area contributed by atoms with Crippen molar-refractivity contribution in [1.82, 2.24) is 15.5 Å². The normalized spacial score (nSPS) is 11.8. The quantitative estimate of drug-likeness (QED) is 0.509. The Bertz CT molecular complexity index is 913. The van der Waals surface area contributed by atoms with Crippen molar-refractivity contribution in [2.24, 2.45) is 0 Å². The SMILES string of the molecule is CCc1ccc(Nc2nnc(SCC(=O)N[C@H](C)c3ccc(F)cc3)s2)cc1. The number of hydrogen-bond donors (Lipinski definition) is 2. The number of anilines is 2. The Morgan fingerprint density at radius 1 is 1.14 bits per heavy atom. The highest BCUT2D eigenvalue weighted by Crippen LogP contribution is 2.27. The first-order chi connectivity index (χ1) is 13.5. The van der Waals surface area contributed by atoms with Crippen LogP contribution in [0.1, 0.15) is 31.0 Å². The summed E-state index contributed by atoms with van der Waals surface area (Å²) in [5.41, 5.74) is 3.09. The molecule has 0 saturated carbocycles. The number of hydrogen-bond acceptors (Lipinski definition) is 6. The summed E-state index contributed by atoms with van der Waals surface area (Å²) in [6, 6.07) is 14.1. The number of nitrogens with zero attached hydrogens (tertiary/aromatic N) is 2. The molecule has 2 aromatic carbocycles. The molecule has 0 spiro atoms. The fraction of sp³-hybridized carbons (Fsp3) is 0.250. The number of carbonyl (C=O) groups is 1. The molecule has 0 aliphatic heterocycles. The van der Waals surface area contributed by atoms with Crippen molar-refractivity contribution in [3.05, 3.63) is 65.5 Å². The molecule has 0 aliphatic carbocycles. The second-order valence-electron chi connectivity index (χ2n) is 6.18. The van der Waals surface area contributed by atoms with Gasteiger partial charge in [0.05, 0.1) is 11.8 Å². The standard InChI is InChI=1S/C20H21FN4OS2/c1-3-14-4-10-17(11-5-14)23-19-24-25-20(28-19)27-12-18(26)22-13(2)15-6-8-16(21)9-7-15/h4-11,13H,3,12H2,1-2H3,(H,22,26)(H,23,24)/t13-/m1/s1. The molecule has 0 fully saturated rings. The summed E-state index contributed by atoms with van der Waals surface area (Å²) in [6.07, 6.45) is 1.00. The van der Waals surface area contributed by atoms with Crippen LogP contribution in [0.5, 0.6) is 0 Å². The van der Waals surface area contributed by atoms with E-state index in [0.717, 1.165) is 22.0 Å². The van der Waals surface area contributed by atoms with Gasteiger partial charge in [-0.05, 0) is 48.7 Å². The lowest BCUT2D eigenvalue weighted by molar-refractivity contribution is -0.119. The molecule has 5 nitrogen and oxygen atoms in total. The minimum Gasteiger partial charge on any atom is -0.349 e. The van der Waals surface area contributed by atoms with Gasteiger partial charge in [-0.1, -0.05) is 54.3 Å². The molecular formula is C20H21FN4OS2. The molecule has 0 aliphatic rings. The Labute approximate surface area is 171 Å². The summed E-state index contributed by atoms with van der Waals surface area (Å²) < 4.78 is 13.7. The average molecular weight is 417 g/mol. The van der Waals surface area contributed by atoms with Gasteiger partial charge in [0.2, 0.25) is 11.0 Å². The molecule has 1 heterocycles. The number of aryl methyl sites for hydroxylation is 1. The van der Waals surface area contributed by atoms with Crippen molar-refractivity contribution < 1.29 is 9.18 Å². The number of carbonyl (C=O) groups excluding carboxylic acids is 1. The van der Waals surface area contributed by atoms with E-state index in [1.807, 2.05) is 19.1 Å². The van der Waals surface area contributed by atoms with E-state index >= 15 is 0 Å². The number of nitrogens with one attached hydrogen (secondary N) is 2. The Morgan fingerprint density at radius 3 is 2.54 bits per heavy atom. The first-order valence-electron chi connectivity index (χ1n) is 8.90. The molecular weight excluding hydrogens is 395 g/mol. The third-order valence-corrected chi connectivity index (χ3v) is 6.07. The second kappa shape index (κ2) is 9.66. The van der Waals surface area contributed by atoms with E-state index < -0.39 is 0 Å². The van der Waals surface area contributed by atoms with Gasteiger partial charge in [-0.3, -0.25) is 4.79 Å². The van der Waals surface area contributed by atoms with Crippen LogP contribution in [-0.2, 0) is 11.2 Å². The molecule has 0 saturated heterocycles. The monoisotopic (exact) mass is 416 g/mol. The molecule has 8 heteroatoms. The van der Waals surface area contributed by atoms with Crippen molar-refractivity contribution >= 4 is 39.8 Å². The summed E-state index contributed by atoms with van der Waals surface area (Å²) in [7, 11) is 0. The van der Waals surface area contributed by atoms with E-state index in [2.05, 4.69) is 39.9 Å². The first-order valence-corrected chi connectivity index (χ1v) is 10.7. The van der Waals surface area contributed by atoms with Crippen LogP contribution in [0.2, 0.25) is 0 Å². The Morgan fingerprint density at radius 2 is 1.86 bits per heavy atom. The predicted octanol–water partition coefficient (Wildman–Crippen LogP) is 4.95. The maximum atomic E-state index is 13.0. The van der Waals surface area contributed by atoms with Gasteiger partial charge in [0.1, 0.15) is 5.82 Å². The smallest absolute Gasteiger partial charge is 0.230 e.